The van der Waals surface area contributed by atoms with Crippen molar-refractivity contribution in [2.24, 2.45) is 0 Å². The fourth-order valence-corrected chi connectivity index (χ4v) is 8.93. The van der Waals surface area contributed by atoms with Crippen LogP contribution in [0.4, 0.5) is 0 Å². The zero-order valence-corrected chi connectivity index (χ0v) is 36.3. The lowest BCUT2D eigenvalue weighted by atomic mass is 10.0. The van der Waals surface area contributed by atoms with Crippen molar-refractivity contribution in [1.82, 2.24) is 19.8 Å². The van der Waals surface area contributed by atoms with Gasteiger partial charge in [-0.1, -0.05) is 95.5 Å². The number of aromatic nitrogens is 2. The molecule has 2 aliphatic heterocycles. The monoisotopic (exact) mass is 906 g/mol. The molecule has 0 aliphatic carbocycles. The maximum Gasteiger partial charge on any atom is 0.326 e. The summed E-state index contributed by atoms with van der Waals surface area (Å²) in [6.45, 7) is 0. The number of hydrogen-bond donors (Lipinski definition) is 2. The number of likely N-dealkylation sites (tertiary alicyclic amines) is 2. The lowest BCUT2D eigenvalue weighted by Crippen LogP contribution is -2.41. The lowest BCUT2D eigenvalue weighted by Gasteiger charge is -2.29. The van der Waals surface area contributed by atoms with Gasteiger partial charge in [-0.3, -0.25) is 9.59 Å². The molecule has 15 heteroatoms. The van der Waals surface area contributed by atoms with Gasteiger partial charge in [0.25, 0.3) is 11.8 Å². The summed E-state index contributed by atoms with van der Waals surface area (Å²) >= 11 is 18.8. The van der Waals surface area contributed by atoms with E-state index in [2.05, 4.69) is 9.97 Å². The zero-order valence-electron chi connectivity index (χ0n) is 34.0. The molecule has 8 rings (SSSR count). The molecular weight excluding hydrogens is 867 g/mol. The Bertz CT molecular complexity index is 2650. The fraction of sp³-hybridized carbons (Fsp3) is 0.208. The maximum atomic E-state index is 13.4. The van der Waals surface area contributed by atoms with Crippen LogP contribution in [0.25, 0.3) is 22.3 Å². The number of benzene rings is 5. The molecule has 0 saturated carbocycles. The average molecular weight is 908 g/mol. The van der Waals surface area contributed by atoms with Gasteiger partial charge < -0.3 is 29.5 Å². The van der Waals surface area contributed by atoms with Crippen molar-refractivity contribution in [3.05, 3.63) is 165 Å². The van der Waals surface area contributed by atoms with Gasteiger partial charge in [-0.25, -0.2) is 19.6 Å². The van der Waals surface area contributed by atoms with Crippen molar-refractivity contribution in [3.63, 3.8) is 0 Å². The third kappa shape index (κ3) is 9.48. The normalized spacial score (nSPS) is 18.0. The zero-order chi connectivity index (χ0) is 44.8. The number of methoxy groups -OCH3 is 2. The summed E-state index contributed by atoms with van der Waals surface area (Å²) in [5, 5.41) is 21.0. The first kappa shape index (κ1) is 44.6. The van der Waals surface area contributed by atoms with Crippen LogP contribution >= 0.6 is 34.8 Å². The van der Waals surface area contributed by atoms with Crippen LogP contribution in [-0.4, -0.2) is 80.0 Å². The highest BCUT2D eigenvalue weighted by atomic mass is 35.5. The van der Waals surface area contributed by atoms with Gasteiger partial charge in [-0.2, -0.15) is 0 Å². The molecule has 2 fully saturated rings. The Morgan fingerprint density at radius 1 is 0.603 bits per heavy atom. The quantitative estimate of drug-likeness (QED) is 0.135. The van der Waals surface area contributed by atoms with Gasteiger partial charge in [-0.15, -0.1) is 0 Å². The number of nitrogens with zero attached hydrogens (tertiary/aromatic N) is 4. The highest BCUT2D eigenvalue weighted by Crippen LogP contribution is 2.42. The summed E-state index contributed by atoms with van der Waals surface area (Å²) in [7, 11) is 3.10. The Morgan fingerprint density at radius 2 is 1.08 bits per heavy atom. The van der Waals surface area contributed by atoms with Crippen LogP contribution < -0.4 is 9.47 Å². The Labute approximate surface area is 378 Å². The van der Waals surface area contributed by atoms with Gasteiger partial charge in [-0.05, 0) is 103 Å². The van der Waals surface area contributed by atoms with Gasteiger partial charge in [0.1, 0.15) is 24.2 Å². The first-order valence-electron chi connectivity index (χ1n) is 19.9. The van der Waals surface area contributed by atoms with Crippen molar-refractivity contribution < 1.29 is 38.9 Å². The van der Waals surface area contributed by atoms with Gasteiger partial charge in [0, 0.05) is 38.0 Å². The number of hydrogen-bond acceptors (Lipinski definition) is 8. The van der Waals surface area contributed by atoms with Crippen LogP contribution in [0.1, 0.15) is 69.6 Å². The fourth-order valence-electron chi connectivity index (χ4n) is 8.24. The number of halogens is 3. The second kappa shape index (κ2) is 19.7. The van der Waals surface area contributed by atoms with Gasteiger partial charge in [0.15, 0.2) is 0 Å². The van der Waals surface area contributed by atoms with Crippen LogP contribution in [-0.2, 0) is 9.59 Å². The molecule has 1 aromatic heterocycles. The van der Waals surface area contributed by atoms with E-state index in [0.29, 0.717) is 69.1 Å². The number of ether oxygens (including phenoxy) is 2. The lowest BCUT2D eigenvalue weighted by molar-refractivity contribution is -0.142. The molecule has 2 amide bonds. The van der Waals surface area contributed by atoms with Crippen molar-refractivity contribution in [1.29, 1.82) is 0 Å². The molecule has 0 radical (unpaired) electrons. The molecule has 4 atom stereocenters. The van der Waals surface area contributed by atoms with Crippen LogP contribution in [0, 0.1) is 0 Å². The molecule has 6 aromatic rings. The number of rotatable bonds is 10. The summed E-state index contributed by atoms with van der Waals surface area (Å²) in [5.41, 5.74) is 5.49. The topological polar surface area (TPSA) is 159 Å². The number of carbonyl (C=O) groups excluding carboxylic acids is 2. The molecule has 0 bridgehead atoms. The summed E-state index contributed by atoms with van der Waals surface area (Å²) in [4.78, 5) is 61.6. The van der Waals surface area contributed by atoms with E-state index in [1.54, 1.807) is 74.0 Å². The first-order chi connectivity index (χ1) is 30.4. The van der Waals surface area contributed by atoms with E-state index in [-0.39, 0.29) is 11.8 Å². The van der Waals surface area contributed by atoms with E-state index in [1.165, 1.54) is 23.2 Å². The van der Waals surface area contributed by atoms with Crippen LogP contribution in [0.2, 0.25) is 15.1 Å². The molecule has 63 heavy (non-hydrogen) atoms. The Kier molecular flexibility index (Phi) is 13.9. The summed E-state index contributed by atoms with van der Waals surface area (Å²) in [6.07, 6.45) is 4.84. The van der Waals surface area contributed by atoms with Crippen molar-refractivity contribution in [2.45, 2.75) is 49.9 Å². The van der Waals surface area contributed by atoms with E-state index < -0.39 is 36.1 Å². The highest BCUT2D eigenvalue weighted by Gasteiger charge is 2.44. The van der Waals surface area contributed by atoms with Gasteiger partial charge in [0.2, 0.25) is 5.88 Å². The number of carboxylic acid groups (broad SMARTS) is 2. The van der Waals surface area contributed by atoms with Crippen LogP contribution in [0.5, 0.6) is 11.6 Å². The smallest absolute Gasteiger partial charge is 0.326 e. The summed E-state index contributed by atoms with van der Waals surface area (Å²) < 4.78 is 10.7. The van der Waals surface area contributed by atoms with E-state index in [4.69, 9.17) is 44.3 Å². The van der Waals surface area contributed by atoms with Crippen molar-refractivity contribution in [3.8, 4) is 33.9 Å². The SMILES string of the molecule is COc1cc(Cl)ccc1-c1ccc(C(=O)N2[C@@H](c3ccccc3Cl)CC[C@H]2C(=O)O)cc1.COc1ncncc1-c1ccc(C(=O)N2[C@@H](c3ccccc3Cl)CC[C@H]2C(=O)O)cc1. The predicted molar refractivity (Wildman–Crippen MR) is 240 cm³/mol. The Morgan fingerprint density at radius 3 is 1.52 bits per heavy atom. The van der Waals surface area contributed by atoms with Crippen LogP contribution in [0.3, 0.4) is 0 Å². The van der Waals surface area contributed by atoms with E-state index >= 15 is 0 Å². The molecular formula is C48H41Cl3N4O8. The molecule has 0 unspecified atom stereocenters. The van der Waals surface area contributed by atoms with Gasteiger partial charge >= 0.3 is 11.9 Å². The predicted octanol–water partition coefficient (Wildman–Crippen LogP) is 10.3. The molecule has 2 N–H and O–H groups in total. The average Bonchev–Trinajstić information content (AvgIpc) is 3.95. The minimum Gasteiger partial charge on any atom is -0.496 e. The summed E-state index contributed by atoms with van der Waals surface area (Å²) in [6, 6.07) is 31.1. The standard InChI is InChI=1S/C25H21Cl2NO4.C23H20ClN3O4/c1-32-23-14-17(26)10-11-18(23)15-6-8-16(9-7-15)24(29)28-21(12-13-22(28)25(30)31)19-4-2-3-5-20(19)27;1-31-21-17(12-25-13-26-21)14-6-8-15(9-7-14)22(28)27-19(10-11-20(27)23(29)30)16-4-2-3-5-18(16)24/h2-11,14,21-22H,12-13H2,1H3,(H,30,31);2-9,12-13,19-20H,10-11H2,1H3,(H,29,30)/t21-,22+;19-,20+/m11/s1. The molecule has 0 spiro atoms. The molecule has 12 nitrogen and oxygen atoms in total. The van der Waals surface area contributed by atoms with Crippen LogP contribution in [0.15, 0.2) is 128 Å². The Balaban J connectivity index is 0.000000189. The van der Waals surface area contributed by atoms with E-state index in [9.17, 15) is 29.4 Å². The van der Waals surface area contributed by atoms with Crippen molar-refractivity contribution >= 4 is 58.6 Å². The molecule has 5 aromatic carbocycles. The summed E-state index contributed by atoms with van der Waals surface area (Å²) in [5.74, 6) is -1.67. The molecule has 2 saturated heterocycles. The highest BCUT2D eigenvalue weighted by molar-refractivity contribution is 6.32. The molecule has 3 heterocycles. The third-order valence-corrected chi connectivity index (χ3v) is 12.2. The number of aliphatic carboxylic acids is 2. The second-order valence-electron chi connectivity index (χ2n) is 14.8. The van der Waals surface area contributed by atoms with Crippen molar-refractivity contribution in [2.75, 3.05) is 14.2 Å². The molecule has 2 aliphatic rings. The molecule has 322 valence electrons. The van der Waals surface area contributed by atoms with E-state index in [1.807, 2.05) is 54.6 Å². The Hall–Kier alpha value is -6.47. The van der Waals surface area contributed by atoms with E-state index in [0.717, 1.165) is 27.8 Å². The number of amides is 2. The maximum absolute atomic E-state index is 13.4. The van der Waals surface area contributed by atoms with Gasteiger partial charge in [0.05, 0.1) is 31.9 Å². The number of carbonyl (C=O) groups is 4. The first-order valence-corrected chi connectivity index (χ1v) is 21.0. The minimum atomic E-state index is -1.02. The second-order valence-corrected chi connectivity index (χ2v) is 16.1. The third-order valence-electron chi connectivity index (χ3n) is 11.3. The minimum absolute atomic E-state index is 0.338. The number of carboxylic acids is 2. The largest absolute Gasteiger partial charge is 0.496 e.